The van der Waals surface area contributed by atoms with Gasteiger partial charge in [-0.05, 0) is 48.9 Å². The predicted molar refractivity (Wildman–Crippen MR) is 91.9 cm³/mol. The van der Waals surface area contributed by atoms with Crippen molar-refractivity contribution in [1.29, 1.82) is 0 Å². The maximum atomic E-state index is 6.42. The fourth-order valence-electron chi connectivity index (χ4n) is 1.87. The Balaban J connectivity index is 2.76. The van der Waals surface area contributed by atoms with Crippen LogP contribution in [0.25, 0.3) is 0 Å². The van der Waals surface area contributed by atoms with Gasteiger partial charge in [-0.25, -0.2) is 0 Å². The van der Waals surface area contributed by atoms with Crippen LogP contribution in [-0.2, 0) is 0 Å². The Morgan fingerprint density at radius 1 is 0.750 bits per heavy atom. The number of hydrogen-bond acceptors (Lipinski definition) is 0. The maximum Gasteiger partial charge on any atom is 0.107 e. The van der Waals surface area contributed by atoms with Crippen LogP contribution in [0.2, 0.25) is 0 Å². The lowest BCUT2D eigenvalue weighted by Crippen LogP contribution is -2.03. The second kappa shape index (κ2) is 9.87. The van der Waals surface area contributed by atoms with E-state index in [1.807, 2.05) is 18.2 Å². The average molecular weight is 396 g/mol. The number of halogens is 6. The van der Waals surface area contributed by atoms with E-state index in [0.29, 0.717) is 25.7 Å². The van der Waals surface area contributed by atoms with Crippen LogP contribution in [0.15, 0.2) is 18.2 Å². The third kappa shape index (κ3) is 6.81. The molecule has 0 nitrogen and oxygen atoms in total. The Labute approximate surface area is 150 Å². The molecule has 1 aromatic rings. The molecule has 0 aliphatic rings. The summed E-state index contributed by atoms with van der Waals surface area (Å²) in [5, 5.41) is -0.366. The first-order valence-electron chi connectivity index (χ1n) is 6.26. The summed E-state index contributed by atoms with van der Waals surface area (Å²) in [6.07, 6.45) is 2.63. The Hall–Kier alpha value is 0.960. The predicted octanol–water partition coefficient (Wildman–Crippen LogP) is 7.21. The molecule has 0 saturated carbocycles. The van der Waals surface area contributed by atoms with Gasteiger partial charge in [0.15, 0.2) is 0 Å². The molecule has 0 saturated heterocycles. The average Bonchev–Trinajstić information content (AvgIpc) is 2.42. The maximum absolute atomic E-state index is 6.42. The van der Waals surface area contributed by atoms with Gasteiger partial charge in [0.25, 0.3) is 0 Å². The van der Waals surface area contributed by atoms with E-state index in [9.17, 15) is 0 Å². The molecule has 20 heavy (non-hydrogen) atoms. The van der Waals surface area contributed by atoms with E-state index in [1.54, 1.807) is 0 Å². The van der Waals surface area contributed by atoms with E-state index < -0.39 is 9.67 Å². The fourth-order valence-corrected chi connectivity index (χ4v) is 3.01. The highest BCUT2D eigenvalue weighted by Crippen LogP contribution is 2.37. The summed E-state index contributed by atoms with van der Waals surface area (Å²) in [6, 6.07) is 8.64. The van der Waals surface area contributed by atoms with Crippen molar-refractivity contribution in [2.75, 3.05) is 0 Å². The van der Waals surface area contributed by atoms with Crippen molar-refractivity contribution in [3.05, 3.63) is 35.4 Å². The SMILES string of the molecule is ClC(Cl)CCC(Cl)c1c[c]ccc1C(Cl)CCC(Cl)Cl. The van der Waals surface area contributed by atoms with Crippen LogP contribution in [0.3, 0.4) is 0 Å². The van der Waals surface area contributed by atoms with Crippen LogP contribution in [0.5, 0.6) is 0 Å². The van der Waals surface area contributed by atoms with Crippen molar-refractivity contribution < 1.29 is 0 Å². The Kier molecular flexibility index (Phi) is 9.38. The van der Waals surface area contributed by atoms with Gasteiger partial charge in [-0.2, -0.15) is 0 Å². The molecule has 1 aromatic carbocycles. The molecule has 0 bridgehead atoms. The Morgan fingerprint density at radius 2 is 1.25 bits per heavy atom. The van der Waals surface area contributed by atoms with E-state index in [1.165, 1.54) is 0 Å². The van der Waals surface area contributed by atoms with Crippen LogP contribution in [0.1, 0.15) is 47.6 Å². The van der Waals surface area contributed by atoms with Crippen molar-refractivity contribution in [3.63, 3.8) is 0 Å². The van der Waals surface area contributed by atoms with Crippen molar-refractivity contribution in [3.8, 4) is 0 Å². The largest absolute Gasteiger partial charge is 0.118 e. The van der Waals surface area contributed by atoms with Crippen LogP contribution in [-0.4, -0.2) is 9.67 Å². The molecule has 0 aliphatic heterocycles. The van der Waals surface area contributed by atoms with Crippen LogP contribution >= 0.6 is 69.6 Å². The quantitative estimate of drug-likeness (QED) is 0.408. The van der Waals surface area contributed by atoms with E-state index >= 15 is 0 Å². The lowest BCUT2D eigenvalue weighted by Gasteiger charge is -2.18. The normalized spacial score (nSPS) is 14.8. The fraction of sp³-hybridized carbons (Fsp3) is 0.571. The summed E-state index contributed by atoms with van der Waals surface area (Å²) in [6.45, 7) is 0. The van der Waals surface area contributed by atoms with E-state index in [2.05, 4.69) is 6.07 Å². The summed E-state index contributed by atoms with van der Waals surface area (Å²) in [4.78, 5) is -0.817. The van der Waals surface area contributed by atoms with E-state index in [0.717, 1.165) is 11.1 Å². The van der Waals surface area contributed by atoms with Crippen LogP contribution in [0, 0.1) is 6.07 Å². The number of benzene rings is 1. The molecule has 113 valence electrons. The minimum atomic E-state index is -0.410. The minimum Gasteiger partial charge on any atom is -0.118 e. The Bertz CT molecular complexity index is 356. The second-order valence-electron chi connectivity index (χ2n) is 4.43. The zero-order valence-corrected chi connectivity index (χ0v) is 15.2. The summed E-state index contributed by atoms with van der Waals surface area (Å²) >= 11 is 35.8. The van der Waals surface area contributed by atoms with Crippen LogP contribution in [0.4, 0.5) is 0 Å². The number of rotatable bonds is 8. The summed E-state index contributed by atoms with van der Waals surface area (Å²) in [5.41, 5.74) is 1.95. The van der Waals surface area contributed by atoms with Gasteiger partial charge >= 0.3 is 0 Å². The first-order valence-corrected chi connectivity index (χ1v) is 8.88. The highest BCUT2D eigenvalue weighted by atomic mass is 35.5. The van der Waals surface area contributed by atoms with Crippen molar-refractivity contribution in [1.82, 2.24) is 0 Å². The molecule has 0 aliphatic carbocycles. The lowest BCUT2D eigenvalue weighted by molar-refractivity contribution is 0.718. The lowest BCUT2D eigenvalue weighted by atomic mass is 9.97. The molecule has 6 heteroatoms. The molecule has 0 aromatic heterocycles. The second-order valence-corrected chi connectivity index (χ2v) is 8.03. The van der Waals surface area contributed by atoms with Crippen LogP contribution < -0.4 is 0 Å². The van der Waals surface area contributed by atoms with Crippen molar-refractivity contribution in [2.45, 2.75) is 46.1 Å². The van der Waals surface area contributed by atoms with Gasteiger partial charge in [0.05, 0.1) is 10.8 Å². The third-order valence-corrected chi connectivity index (χ3v) is 4.66. The molecule has 1 radical (unpaired) electrons. The topological polar surface area (TPSA) is 0 Å². The zero-order valence-electron chi connectivity index (χ0n) is 10.6. The van der Waals surface area contributed by atoms with Crippen molar-refractivity contribution >= 4 is 69.6 Å². The third-order valence-electron chi connectivity index (χ3n) is 2.88. The van der Waals surface area contributed by atoms with Gasteiger partial charge in [0.2, 0.25) is 0 Å². The Morgan fingerprint density at radius 3 is 1.75 bits per heavy atom. The molecular weight excluding hydrogens is 381 g/mol. The van der Waals surface area contributed by atoms with Gasteiger partial charge in [-0.1, -0.05) is 12.1 Å². The highest BCUT2D eigenvalue weighted by Gasteiger charge is 2.19. The summed E-state index contributed by atoms with van der Waals surface area (Å²) in [5.74, 6) is 0. The van der Waals surface area contributed by atoms with Gasteiger partial charge in [-0.3, -0.25) is 0 Å². The first kappa shape index (κ1) is 19.0. The zero-order chi connectivity index (χ0) is 15.1. The highest BCUT2D eigenvalue weighted by molar-refractivity contribution is 6.44. The van der Waals surface area contributed by atoms with Gasteiger partial charge < -0.3 is 0 Å². The van der Waals surface area contributed by atoms with Gasteiger partial charge in [0, 0.05) is 0 Å². The van der Waals surface area contributed by atoms with Crippen molar-refractivity contribution in [2.24, 2.45) is 0 Å². The molecule has 0 amide bonds. The molecule has 0 N–H and O–H groups in total. The molecular formula is C14H15Cl6. The molecule has 0 spiro atoms. The molecule has 2 unspecified atom stereocenters. The summed E-state index contributed by atoms with van der Waals surface area (Å²) in [7, 11) is 0. The number of alkyl halides is 6. The van der Waals surface area contributed by atoms with Gasteiger partial charge in [-0.15, -0.1) is 69.6 Å². The minimum absolute atomic E-state index is 0.177. The number of hydrogen-bond donors (Lipinski definition) is 0. The molecule has 0 fully saturated rings. The molecule has 1 rings (SSSR count). The smallest absolute Gasteiger partial charge is 0.107 e. The van der Waals surface area contributed by atoms with Gasteiger partial charge in [0.1, 0.15) is 9.67 Å². The monoisotopic (exact) mass is 393 g/mol. The first-order chi connectivity index (χ1) is 9.41. The van der Waals surface area contributed by atoms with E-state index in [4.69, 9.17) is 69.6 Å². The molecule has 0 heterocycles. The standard InChI is InChI=1S/C14H15Cl6/c15-11(5-7-13(17)18)9-3-1-2-4-10(9)12(16)6-8-14(19)20/h1,3-4,11-14H,5-8H2. The van der Waals surface area contributed by atoms with E-state index in [-0.39, 0.29) is 10.8 Å². The molecule has 2 atom stereocenters. The summed E-state index contributed by atoms with van der Waals surface area (Å²) < 4.78 is 0.